The van der Waals surface area contributed by atoms with Crippen molar-refractivity contribution in [3.63, 3.8) is 0 Å². The quantitative estimate of drug-likeness (QED) is 0.695. The van der Waals surface area contributed by atoms with E-state index in [9.17, 15) is 8.42 Å². The maximum Gasteiger partial charge on any atom is 0.241 e. The number of nitrogens with one attached hydrogen (secondary N) is 1. The lowest BCUT2D eigenvalue weighted by Gasteiger charge is -2.29. The van der Waals surface area contributed by atoms with E-state index in [0.29, 0.717) is 11.4 Å². The minimum absolute atomic E-state index is 0.343. The average molecular weight is 397 g/mol. The molecule has 0 saturated heterocycles. The molecule has 142 valence electrons. The van der Waals surface area contributed by atoms with Crippen LogP contribution in [0.25, 0.3) is 0 Å². The number of nitrogens with zero attached hydrogens (tertiary/aromatic N) is 1. The van der Waals surface area contributed by atoms with Crippen LogP contribution < -0.4 is 14.2 Å². The molecule has 1 aliphatic heterocycles. The molecule has 8 heteroatoms. The van der Waals surface area contributed by atoms with E-state index in [0.717, 1.165) is 44.0 Å². The van der Waals surface area contributed by atoms with Crippen molar-refractivity contribution in [2.75, 3.05) is 33.9 Å². The number of sulfonamides is 1. The van der Waals surface area contributed by atoms with Crippen LogP contribution in [0.15, 0.2) is 33.9 Å². The Kier molecular flexibility index (Phi) is 6.18. The van der Waals surface area contributed by atoms with E-state index >= 15 is 0 Å². The molecule has 0 unspecified atom stereocenters. The molecule has 2 aromatic rings. The molecule has 6 nitrogen and oxygen atoms in total. The number of thiophene rings is 1. The first-order valence-electron chi connectivity index (χ1n) is 8.51. The largest absolute Gasteiger partial charge is 0.493 e. The fourth-order valence-electron chi connectivity index (χ4n) is 3.13. The molecule has 1 aliphatic rings. The SMILES string of the molecule is COc1cc2c(cc1OC)CN(CCCNS(=O)(=O)c1ccsc1)CC2. The Hall–Kier alpha value is -1.61. The van der Waals surface area contributed by atoms with E-state index in [1.54, 1.807) is 31.0 Å². The van der Waals surface area contributed by atoms with E-state index < -0.39 is 10.0 Å². The van der Waals surface area contributed by atoms with Crippen LogP contribution in [-0.4, -0.2) is 47.2 Å². The third-order valence-electron chi connectivity index (χ3n) is 4.55. The van der Waals surface area contributed by atoms with Crippen LogP contribution in [-0.2, 0) is 23.0 Å². The Balaban J connectivity index is 1.52. The van der Waals surface area contributed by atoms with Crippen molar-refractivity contribution in [2.45, 2.75) is 24.3 Å². The van der Waals surface area contributed by atoms with Gasteiger partial charge in [-0.15, -0.1) is 0 Å². The van der Waals surface area contributed by atoms with Crippen LogP contribution in [0.4, 0.5) is 0 Å². The highest BCUT2D eigenvalue weighted by atomic mass is 32.2. The van der Waals surface area contributed by atoms with Crippen LogP contribution in [0.3, 0.4) is 0 Å². The second-order valence-corrected chi connectivity index (χ2v) is 8.76. The zero-order chi connectivity index (χ0) is 18.6. The maximum absolute atomic E-state index is 12.1. The molecule has 0 spiro atoms. The highest BCUT2D eigenvalue weighted by Gasteiger charge is 2.19. The zero-order valence-corrected chi connectivity index (χ0v) is 16.7. The Bertz CT molecular complexity index is 835. The molecule has 0 aliphatic carbocycles. The van der Waals surface area contributed by atoms with Crippen molar-refractivity contribution in [3.05, 3.63) is 40.1 Å². The average Bonchev–Trinajstić information content (AvgIpc) is 3.19. The van der Waals surface area contributed by atoms with Crippen LogP contribution in [0.2, 0.25) is 0 Å². The summed E-state index contributed by atoms with van der Waals surface area (Å²) in [7, 11) is -0.0812. The molecular formula is C18H24N2O4S2. The summed E-state index contributed by atoms with van der Waals surface area (Å²) in [6.07, 6.45) is 1.72. The van der Waals surface area contributed by atoms with Gasteiger partial charge in [0.2, 0.25) is 10.0 Å². The second-order valence-electron chi connectivity index (χ2n) is 6.21. The van der Waals surface area contributed by atoms with Crippen molar-refractivity contribution in [3.8, 4) is 11.5 Å². The Morgan fingerprint density at radius 2 is 1.92 bits per heavy atom. The minimum Gasteiger partial charge on any atom is -0.493 e. The van der Waals surface area contributed by atoms with Crippen molar-refractivity contribution in [1.29, 1.82) is 0 Å². The van der Waals surface area contributed by atoms with E-state index in [1.807, 2.05) is 6.07 Å². The summed E-state index contributed by atoms with van der Waals surface area (Å²) >= 11 is 1.38. The lowest BCUT2D eigenvalue weighted by molar-refractivity contribution is 0.250. The number of fused-ring (bicyclic) bond motifs is 1. The van der Waals surface area contributed by atoms with Crippen molar-refractivity contribution < 1.29 is 17.9 Å². The standard InChI is InChI=1S/C18H24N2O4S2/c1-23-17-10-14-4-8-20(12-15(14)11-18(17)24-2)7-3-6-19-26(21,22)16-5-9-25-13-16/h5,9-11,13,19H,3-4,6-8,12H2,1-2H3. The lowest BCUT2D eigenvalue weighted by Crippen LogP contribution is -2.33. The number of benzene rings is 1. The van der Waals surface area contributed by atoms with Crippen LogP contribution >= 0.6 is 11.3 Å². The topological polar surface area (TPSA) is 67.9 Å². The number of ether oxygens (including phenoxy) is 2. The van der Waals surface area contributed by atoms with Gasteiger partial charge >= 0.3 is 0 Å². The number of methoxy groups -OCH3 is 2. The summed E-state index contributed by atoms with van der Waals surface area (Å²) in [6.45, 7) is 3.08. The van der Waals surface area contributed by atoms with Crippen LogP contribution in [0.1, 0.15) is 17.5 Å². The van der Waals surface area contributed by atoms with E-state index in [-0.39, 0.29) is 0 Å². The molecule has 0 fully saturated rings. The molecule has 3 rings (SSSR count). The van der Waals surface area contributed by atoms with Gasteiger partial charge in [-0.1, -0.05) is 0 Å². The Morgan fingerprint density at radius 3 is 2.58 bits per heavy atom. The fraction of sp³-hybridized carbons (Fsp3) is 0.444. The minimum atomic E-state index is -3.37. The molecule has 2 heterocycles. The van der Waals surface area contributed by atoms with Gasteiger partial charge in [0.15, 0.2) is 11.5 Å². The molecule has 1 N–H and O–H groups in total. The molecule has 0 saturated carbocycles. The van der Waals surface area contributed by atoms with Gasteiger partial charge in [-0.05, 0) is 54.1 Å². The van der Waals surface area contributed by atoms with Crippen molar-refractivity contribution in [2.24, 2.45) is 0 Å². The first-order chi connectivity index (χ1) is 12.5. The van der Waals surface area contributed by atoms with E-state index in [4.69, 9.17) is 9.47 Å². The van der Waals surface area contributed by atoms with E-state index in [1.165, 1.54) is 22.5 Å². The van der Waals surface area contributed by atoms with E-state index in [2.05, 4.69) is 15.7 Å². The number of hydrogen-bond donors (Lipinski definition) is 1. The molecule has 0 radical (unpaired) electrons. The van der Waals surface area contributed by atoms with Crippen LogP contribution in [0.5, 0.6) is 11.5 Å². The summed E-state index contributed by atoms with van der Waals surface area (Å²) in [5.74, 6) is 1.51. The van der Waals surface area contributed by atoms with Crippen molar-refractivity contribution >= 4 is 21.4 Å². The summed E-state index contributed by atoms with van der Waals surface area (Å²) in [4.78, 5) is 2.68. The van der Waals surface area contributed by atoms with Gasteiger partial charge in [-0.3, -0.25) is 4.90 Å². The number of rotatable bonds is 8. The predicted octanol–water partition coefficient (Wildman–Crippen LogP) is 2.49. The highest BCUT2D eigenvalue weighted by Crippen LogP contribution is 2.33. The van der Waals surface area contributed by atoms with Gasteiger partial charge in [-0.2, -0.15) is 11.3 Å². The highest BCUT2D eigenvalue weighted by molar-refractivity contribution is 7.89. The smallest absolute Gasteiger partial charge is 0.241 e. The summed E-state index contributed by atoms with van der Waals surface area (Å²) in [5, 5.41) is 3.41. The summed E-state index contributed by atoms with van der Waals surface area (Å²) < 4.78 is 37.6. The summed E-state index contributed by atoms with van der Waals surface area (Å²) in [5.41, 5.74) is 2.53. The van der Waals surface area contributed by atoms with Gasteiger partial charge in [0.1, 0.15) is 0 Å². The second kappa shape index (κ2) is 8.39. The Labute approximate surface area is 158 Å². The molecule has 1 aromatic carbocycles. The van der Waals surface area contributed by atoms with Crippen molar-refractivity contribution in [1.82, 2.24) is 9.62 Å². The fourth-order valence-corrected chi connectivity index (χ4v) is 5.23. The third kappa shape index (κ3) is 4.37. The van der Waals surface area contributed by atoms with Gasteiger partial charge in [0, 0.05) is 25.0 Å². The van der Waals surface area contributed by atoms with Gasteiger partial charge in [0.25, 0.3) is 0 Å². The third-order valence-corrected chi connectivity index (χ3v) is 6.84. The Morgan fingerprint density at radius 1 is 1.19 bits per heavy atom. The first-order valence-corrected chi connectivity index (χ1v) is 10.9. The molecule has 0 amide bonds. The summed E-state index contributed by atoms with van der Waals surface area (Å²) in [6, 6.07) is 5.72. The lowest BCUT2D eigenvalue weighted by atomic mass is 9.98. The van der Waals surface area contributed by atoms with Gasteiger partial charge in [-0.25, -0.2) is 13.1 Å². The van der Waals surface area contributed by atoms with Crippen LogP contribution in [0, 0.1) is 0 Å². The molecule has 26 heavy (non-hydrogen) atoms. The molecule has 0 atom stereocenters. The van der Waals surface area contributed by atoms with Gasteiger partial charge < -0.3 is 9.47 Å². The zero-order valence-electron chi connectivity index (χ0n) is 15.0. The number of hydrogen-bond acceptors (Lipinski definition) is 6. The first kappa shape index (κ1) is 19.2. The maximum atomic E-state index is 12.1. The molecular weight excluding hydrogens is 372 g/mol. The predicted molar refractivity (Wildman–Crippen MR) is 103 cm³/mol. The normalized spacial score (nSPS) is 14.8. The molecule has 0 bridgehead atoms. The monoisotopic (exact) mass is 396 g/mol. The molecule has 1 aromatic heterocycles. The van der Waals surface area contributed by atoms with Gasteiger partial charge in [0.05, 0.1) is 19.1 Å².